The van der Waals surface area contributed by atoms with Crippen LogP contribution in [0.2, 0.25) is 0 Å². The van der Waals surface area contributed by atoms with Crippen molar-refractivity contribution in [1.29, 1.82) is 0 Å². The summed E-state index contributed by atoms with van der Waals surface area (Å²) in [6, 6.07) is 51.8. The molecule has 0 radical (unpaired) electrons. The van der Waals surface area contributed by atoms with Crippen molar-refractivity contribution in [3.05, 3.63) is 239 Å². The predicted molar refractivity (Wildman–Crippen MR) is 362 cm³/mol. The smallest absolute Gasteiger partial charge is 0.294 e. The van der Waals surface area contributed by atoms with Crippen molar-refractivity contribution in [3.8, 4) is 5.75 Å². The molecule has 472 valence electrons. The number of hydrogen-bond donors (Lipinski definition) is 3. The van der Waals surface area contributed by atoms with Gasteiger partial charge in [-0.15, -0.1) is 0 Å². The molecule has 11 aromatic rings. The molecule has 0 spiro atoms. The number of pyridine rings is 1. The molecule has 3 amide bonds. The summed E-state index contributed by atoms with van der Waals surface area (Å²) in [5.74, 6) is 1.24. The number of anilines is 3. The Bertz CT molecular complexity index is 4750. The molecule has 5 aliphatic rings. The number of amides is 3. The number of hydrogen-bond acceptors (Lipinski definition) is 11. The summed E-state index contributed by atoms with van der Waals surface area (Å²) >= 11 is 0. The van der Waals surface area contributed by atoms with Gasteiger partial charge in [0.25, 0.3) is 17.7 Å². The highest BCUT2D eigenvalue weighted by Crippen LogP contribution is 2.50. The summed E-state index contributed by atoms with van der Waals surface area (Å²) in [5, 5.41) is 0.898. The van der Waals surface area contributed by atoms with Gasteiger partial charge in [0.1, 0.15) is 18.5 Å². The normalized spacial score (nSPS) is 22.1. The Morgan fingerprint density at radius 1 is 0.511 bits per heavy atom. The number of carbonyl (C=O) groups excluding carboxylic acids is 3. The van der Waals surface area contributed by atoms with Crippen molar-refractivity contribution in [2.45, 2.75) is 120 Å². The maximum atomic E-state index is 15.5. The molecule has 4 aromatic heterocycles. The Hall–Kier alpha value is -10.4. The van der Waals surface area contributed by atoms with E-state index in [4.69, 9.17) is 23.9 Å². The van der Waals surface area contributed by atoms with Crippen molar-refractivity contribution < 1.29 is 33.3 Å². The minimum atomic E-state index is -0.788. The number of carbonyl (C=O) groups is 3. The minimum absolute atomic E-state index is 0.111. The fourth-order valence-corrected chi connectivity index (χ4v) is 15.6. The standard InChI is InChI=1S/C77H72N10O7/c1-45-69(85(75(88)72(45)91-3)56-26-31-61-65(36-56)82-42-79-61)52-22-20-50(21-23-52)49-17-14-47(15-18-49)40-93-74-68(51-10-6-4-7-11-51)71(87(77(74)90)58-28-33-63-67(38-58)84-44-81-63)55-35-54-19-16-48(34-64(54)78-39-55)41-92-73-46(2)70(53-24-29-60(30-25-53)94-59-12-8-5-9-13-59)86(76(73)89)57-27-32-62-66(37-57)83-43-80-62/h4,6-7,10-11,16,19-39,42-44,47,49,59,68-71,74H,5,8-9,12-15,17-18,40-41H2,1-3H3,(H,79,82)(H,80,83)(H,81,84). The van der Waals surface area contributed by atoms with Crippen LogP contribution >= 0.6 is 0 Å². The Morgan fingerprint density at radius 3 is 1.68 bits per heavy atom. The van der Waals surface area contributed by atoms with Crippen LogP contribution in [0.1, 0.15) is 135 Å². The van der Waals surface area contributed by atoms with Crippen molar-refractivity contribution >= 4 is 78.8 Å². The van der Waals surface area contributed by atoms with E-state index in [0.29, 0.717) is 24.0 Å². The van der Waals surface area contributed by atoms with Gasteiger partial charge in [-0.25, -0.2) is 15.0 Å². The molecule has 7 aromatic carbocycles. The van der Waals surface area contributed by atoms with Gasteiger partial charge in [-0.3, -0.25) is 29.2 Å². The van der Waals surface area contributed by atoms with Gasteiger partial charge in [0.05, 0.1) is 95.5 Å². The SMILES string of the molecule is COC1=C(C)C(c2ccc(C3CCC(COC4C(=O)N(c5ccc6nc[nH]c6c5)C(c5cnc6cc(COC7=C(C)C(c8ccc(OC9CCCCC9)cc8)N(c8ccc9nc[nH]c9c8)C7=O)ccc6c5)C4c4ccccc4)CC3)cc2)N(c2ccc3nc[nH]c3c2)C1=O. The molecule has 17 heteroatoms. The molecule has 3 aliphatic heterocycles. The molecule has 3 fully saturated rings. The number of nitrogens with zero attached hydrogens (tertiary/aromatic N) is 7. The van der Waals surface area contributed by atoms with Crippen molar-refractivity contribution in [3.63, 3.8) is 0 Å². The van der Waals surface area contributed by atoms with Gasteiger partial charge in [-0.2, -0.15) is 0 Å². The van der Waals surface area contributed by atoms with Gasteiger partial charge >= 0.3 is 0 Å². The molecule has 5 atom stereocenters. The van der Waals surface area contributed by atoms with Gasteiger partial charge < -0.3 is 38.8 Å². The molecule has 2 aliphatic carbocycles. The number of aromatic amines is 3. The summed E-state index contributed by atoms with van der Waals surface area (Å²) in [5.41, 5.74) is 15.6. The Kier molecular flexibility index (Phi) is 15.3. The number of fused-ring (bicyclic) bond motifs is 4. The monoisotopic (exact) mass is 1250 g/mol. The largest absolute Gasteiger partial charge is 0.491 e. The zero-order valence-electron chi connectivity index (χ0n) is 52.7. The van der Waals surface area contributed by atoms with E-state index in [2.05, 4.69) is 84.5 Å². The van der Waals surface area contributed by atoms with E-state index in [1.807, 2.05) is 138 Å². The summed E-state index contributed by atoms with van der Waals surface area (Å²) in [7, 11) is 1.56. The number of H-pyrrole nitrogens is 3. The molecule has 17 nitrogen and oxygen atoms in total. The quantitative estimate of drug-likeness (QED) is 0.0784. The number of imidazole rings is 3. The van der Waals surface area contributed by atoms with Gasteiger partial charge in [0.2, 0.25) is 0 Å². The van der Waals surface area contributed by atoms with E-state index in [9.17, 15) is 9.59 Å². The predicted octanol–water partition coefficient (Wildman–Crippen LogP) is 15.4. The van der Waals surface area contributed by atoms with Crippen LogP contribution in [-0.2, 0) is 35.2 Å². The van der Waals surface area contributed by atoms with Crippen LogP contribution in [0.5, 0.6) is 5.75 Å². The number of methoxy groups -OCH3 is 1. The maximum Gasteiger partial charge on any atom is 0.294 e. The first-order valence-electron chi connectivity index (χ1n) is 32.9. The van der Waals surface area contributed by atoms with Gasteiger partial charge in [-0.05, 0) is 189 Å². The van der Waals surface area contributed by atoms with E-state index in [1.54, 1.807) is 26.1 Å². The Balaban J connectivity index is 0.639. The van der Waals surface area contributed by atoms with Crippen LogP contribution < -0.4 is 19.4 Å². The molecule has 7 heterocycles. The molecule has 1 saturated heterocycles. The third-order valence-electron chi connectivity index (χ3n) is 20.4. The summed E-state index contributed by atoms with van der Waals surface area (Å²) < 4.78 is 25.8. The highest BCUT2D eigenvalue weighted by molar-refractivity contribution is 6.10. The fraction of sp³-hybridized carbons (Fsp3) is 0.286. The van der Waals surface area contributed by atoms with Crippen LogP contribution in [0.25, 0.3) is 44.0 Å². The van der Waals surface area contributed by atoms with Gasteiger partial charge in [0, 0.05) is 45.7 Å². The van der Waals surface area contributed by atoms with Gasteiger partial charge in [-0.1, -0.05) is 85.3 Å². The van der Waals surface area contributed by atoms with Crippen molar-refractivity contribution in [2.75, 3.05) is 28.4 Å². The lowest BCUT2D eigenvalue weighted by Gasteiger charge is -2.31. The van der Waals surface area contributed by atoms with Gasteiger partial charge in [0.15, 0.2) is 11.5 Å². The third kappa shape index (κ3) is 10.7. The summed E-state index contributed by atoms with van der Waals surface area (Å²) in [6.07, 6.45) is 16.0. The second-order valence-electron chi connectivity index (χ2n) is 26.0. The first-order valence-corrected chi connectivity index (χ1v) is 32.9. The molecule has 3 N–H and O–H groups in total. The molecule has 16 rings (SSSR count). The van der Waals surface area contributed by atoms with Crippen LogP contribution in [0.4, 0.5) is 17.1 Å². The van der Waals surface area contributed by atoms with Crippen molar-refractivity contribution in [1.82, 2.24) is 34.9 Å². The minimum Gasteiger partial charge on any atom is -0.491 e. The maximum absolute atomic E-state index is 15.5. The number of aromatic nitrogens is 7. The third-order valence-corrected chi connectivity index (χ3v) is 20.4. The first kappa shape index (κ1) is 58.7. The van der Waals surface area contributed by atoms with E-state index in [1.165, 1.54) is 24.8 Å². The summed E-state index contributed by atoms with van der Waals surface area (Å²) in [4.78, 5) is 77.9. The highest BCUT2D eigenvalue weighted by atomic mass is 16.5. The lowest BCUT2D eigenvalue weighted by molar-refractivity contribution is -0.128. The van der Waals surface area contributed by atoms with Crippen molar-refractivity contribution in [2.24, 2.45) is 5.92 Å². The van der Waals surface area contributed by atoms with Crippen LogP contribution in [-0.4, -0.2) is 78.5 Å². The van der Waals surface area contributed by atoms with Crippen LogP contribution in [0.3, 0.4) is 0 Å². The fourth-order valence-electron chi connectivity index (χ4n) is 15.6. The number of benzene rings is 7. The van der Waals surface area contributed by atoms with E-state index < -0.39 is 18.2 Å². The highest BCUT2D eigenvalue weighted by Gasteiger charge is 2.52. The molecular weight excluding hydrogens is 1180 g/mol. The Labute approximate surface area is 543 Å². The van der Waals surface area contributed by atoms with E-state index >= 15 is 4.79 Å². The van der Waals surface area contributed by atoms with E-state index in [0.717, 1.165) is 144 Å². The molecule has 0 bridgehead atoms. The molecular formula is C77H72N10O7. The first-order chi connectivity index (χ1) is 46.1. The number of nitrogens with one attached hydrogen (secondary N) is 3. The Morgan fingerprint density at radius 2 is 1.07 bits per heavy atom. The average molecular weight is 1250 g/mol. The second-order valence-corrected chi connectivity index (χ2v) is 26.0. The molecule has 2 saturated carbocycles. The zero-order chi connectivity index (χ0) is 63.6. The van der Waals surface area contributed by atoms with Crippen LogP contribution in [0, 0.1) is 5.92 Å². The number of ether oxygens (including phenoxy) is 4. The number of rotatable bonds is 17. The lowest BCUT2D eigenvalue weighted by atomic mass is 9.78. The summed E-state index contributed by atoms with van der Waals surface area (Å²) in [6.45, 7) is 4.54. The average Bonchev–Trinajstić information content (AvgIpc) is 1.59. The zero-order valence-corrected chi connectivity index (χ0v) is 52.7. The lowest BCUT2D eigenvalue weighted by Crippen LogP contribution is -2.33. The van der Waals surface area contributed by atoms with E-state index in [-0.39, 0.29) is 48.3 Å². The second kappa shape index (κ2) is 24.6. The van der Waals surface area contributed by atoms with Crippen LogP contribution in [0.15, 0.2) is 206 Å². The molecule has 5 unspecified atom stereocenters. The topological polar surface area (TPSA) is 197 Å². The molecule has 94 heavy (non-hydrogen) atoms.